The standard InChI is InChI=1S/C19H22N2O4/c1-19(2,3)14-6-8-16(9-7-14)25-13-18(23)21-20-17(22)11-10-15-5-4-12-24-15/h4-12H,13H2,1-3H3,(H,20,22)(H,21,23). The van der Waals surface area contributed by atoms with Crippen molar-refractivity contribution in [2.75, 3.05) is 6.61 Å². The Morgan fingerprint density at radius 1 is 1.12 bits per heavy atom. The fraction of sp³-hybridized carbons (Fsp3) is 0.263. The normalized spacial score (nSPS) is 11.3. The highest BCUT2D eigenvalue weighted by atomic mass is 16.5. The maximum atomic E-state index is 11.7. The summed E-state index contributed by atoms with van der Waals surface area (Å²) in [5.41, 5.74) is 5.78. The molecule has 0 atom stereocenters. The van der Waals surface area contributed by atoms with Crippen LogP contribution in [-0.2, 0) is 15.0 Å². The van der Waals surface area contributed by atoms with Crippen LogP contribution in [0.5, 0.6) is 5.75 Å². The van der Waals surface area contributed by atoms with Gasteiger partial charge in [0.2, 0.25) is 0 Å². The zero-order valence-corrected chi connectivity index (χ0v) is 14.5. The molecule has 0 fully saturated rings. The summed E-state index contributed by atoms with van der Waals surface area (Å²) < 4.78 is 10.4. The first kappa shape index (κ1) is 18.3. The first-order valence-corrected chi connectivity index (χ1v) is 7.88. The molecule has 0 saturated carbocycles. The van der Waals surface area contributed by atoms with Crippen LogP contribution < -0.4 is 15.6 Å². The Morgan fingerprint density at radius 3 is 2.44 bits per heavy atom. The molecule has 132 valence electrons. The predicted octanol–water partition coefficient (Wildman–Crippen LogP) is 2.82. The third kappa shape index (κ3) is 6.18. The van der Waals surface area contributed by atoms with Gasteiger partial charge in [0, 0.05) is 6.08 Å². The summed E-state index contributed by atoms with van der Waals surface area (Å²) in [5.74, 6) is 0.203. The van der Waals surface area contributed by atoms with E-state index in [1.807, 2.05) is 24.3 Å². The molecule has 6 heteroatoms. The smallest absolute Gasteiger partial charge is 0.276 e. The van der Waals surface area contributed by atoms with Gasteiger partial charge in [0.1, 0.15) is 11.5 Å². The number of benzene rings is 1. The molecule has 0 aliphatic carbocycles. The first-order valence-electron chi connectivity index (χ1n) is 7.88. The van der Waals surface area contributed by atoms with Gasteiger partial charge in [-0.15, -0.1) is 0 Å². The van der Waals surface area contributed by atoms with Crippen LogP contribution in [0, 0.1) is 0 Å². The Bertz CT molecular complexity index is 726. The van der Waals surface area contributed by atoms with Crippen LogP contribution >= 0.6 is 0 Å². The number of amides is 2. The number of rotatable bonds is 5. The molecule has 2 aromatic rings. The first-order chi connectivity index (χ1) is 11.8. The summed E-state index contributed by atoms with van der Waals surface area (Å²) in [6.45, 7) is 6.18. The van der Waals surface area contributed by atoms with Crippen LogP contribution in [0.1, 0.15) is 32.1 Å². The third-order valence-corrected chi connectivity index (χ3v) is 3.36. The Kier molecular flexibility index (Phi) is 6.00. The zero-order chi connectivity index (χ0) is 18.3. The monoisotopic (exact) mass is 342 g/mol. The summed E-state index contributed by atoms with van der Waals surface area (Å²) in [4.78, 5) is 23.2. The van der Waals surface area contributed by atoms with Gasteiger partial charge in [-0.3, -0.25) is 20.4 Å². The van der Waals surface area contributed by atoms with E-state index in [0.717, 1.165) is 0 Å². The van der Waals surface area contributed by atoms with Crippen LogP contribution in [0.3, 0.4) is 0 Å². The number of carbonyl (C=O) groups is 2. The lowest BCUT2D eigenvalue weighted by atomic mass is 9.87. The SMILES string of the molecule is CC(C)(C)c1ccc(OCC(=O)NNC(=O)C=Cc2ccco2)cc1. The summed E-state index contributed by atoms with van der Waals surface area (Å²) in [7, 11) is 0. The number of carbonyl (C=O) groups excluding carboxylic acids is 2. The van der Waals surface area contributed by atoms with Crippen molar-refractivity contribution >= 4 is 17.9 Å². The van der Waals surface area contributed by atoms with Crippen LogP contribution in [-0.4, -0.2) is 18.4 Å². The van der Waals surface area contributed by atoms with Crippen molar-refractivity contribution in [3.8, 4) is 5.75 Å². The zero-order valence-electron chi connectivity index (χ0n) is 14.5. The lowest BCUT2D eigenvalue weighted by molar-refractivity contribution is -0.128. The fourth-order valence-corrected chi connectivity index (χ4v) is 1.95. The lowest BCUT2D eigenvalue weighted by Crippen LogP contribution is -2.43. The molecule has 2 amide bonds. The van der Waals surface area contributed by atoms with Crippen molar-refractivity contribution in [3.63, 3.8) is 0 Å². The Morgan fingerprint density at radius 2 is 1.84 bits per heavy atom. The maximum Gasteiger partial charge on any atom is 0.276 e. The maximum absolute atomic E-state index is 11.7. The van der Waals surface area contributed by atoms with E-state index < -0.39 is 11.8 Å². The minimum absolute atomic E-state index is 0.0589. The highest BCUT2D eigenvalue weighted by Gasteiger charge is 2.13. The highest BCUT2D eigenvalue weighted by Crippen LogP contribution is 2.24. The van der Waals surface area contributed by atoms with Crippen molar-refractivity contribution in [1.82, 2.24) is 10.9 Å². The lowest BCUT2D eigenvalue weighted by Gasteiger charge is -2.19. The summed E-state index contributed by atoms with van der Waals surface area (Å²) in [6, 6.07) is 11.0. The molecule has 6 nitrogen and oxygen atoms in total. The average molecular weight is 342 g/mol. The molecular weight excluding hydrogens is 320 g/mol. The third-order valence-electron chi connectivity index (χ3n) is 3.36. The van der Waals surface area contributed by atoms with Crippen LogP contribution in [0.25, 0.3) is 6.08 Å². The van der Waals surface area contributed by atoms with E-state index in [1.54, 1.807) is 12.1 Å². The Hall–Kier alpha value is -3.02. The number of furan rings is 1. The molecule has 25 heavy (non-hydrogen) atoms. The molecule has 0 aliphatic heterocycles. The van der Waals surface area contributed by atoms with Crippen LogP contribution in [0.2, 0.25) is 0 Å². The topological polar surface area (TPSA) is 80.6 Å². The van der Waals surface area contributed by atoms with Gasteiger partial charge < -0.3 is 9.15 Å². The van der Waals surface area contributed by atoms with Gasteiger partial charge in [-0.25, -0.2) is 0 Å². The quantitative estimate of drug-likeness (QED) is 0.647. The molecule has 1 heterocycles. The number of hydrazine groups is 1. The number of ether oxygens (including phenoxy) is 1. The van der Waals surface area contributed by atoms with E-state index in [1.165, 1.54) is 24.0 Å². The van der Waals surface area contributed by atoms with Crippen molar-refractivity contribution in [2.45, 2.75) is 26.2 Å². The van der Waals surface area contributed by atoms with Gasteiger partial charge in [0.25, 0.3) is 11.8 Å². The van der Waals surface area contributed by atoms with Gasteiger partial charge in [-0.1, -0.05) is 32.9 Å². The van der Waals surface area contributed by atoms with Crippen molar-refractivity contribution < 1.29 is 18.7 Å². The Labute approximate surface area is 146 Å². The molecule has 2 N–H and O–H groups in total. The molecular formula is C19H22N2O4. The fourth-order valence-electron chi connectivity index (χ4n) is 1.95. The largest absolute Gasteiger partial charge is 0.484 e. The van der Waals surface area contributed by atoms with Gasteiger partial charge >= 0.3 is 0 Å². The van der Waals surface area contributed by atoms with Crippen LogP contribution in [0.15, 0.2) is 53.2 Å². The predicted molar refractivity (Wildman–Crippen MR) is 94.7 cm³/mol. The Balaban J connectivity index is 1.72. The van der Waals surface area contributed by atoms with E-state index in [9.17, 15) is 9.59 Å². The molecule has 0 spiro atoms. The van der Waals surface area contributed by atoms with Gasteiger partial charge in [-0.2, -0.15) is 0 Å². The van der Waals surface area contributed by atoms with Crippen LogP contribution in [0.4, 0.5) is 0 Å². The second kappa shape index (κ2) is 8.19. The molecule has 0 bridgehead atoms. The molecule has 0 unspecified atom stereocenters. The van der Waals surface area contributed by atoms with E-state index in [0.29, 0.717) is 11.5 Å². The summed E-state index contributed by atoms with van der Waals surface area (Å²) in [6.07, 6.45) is 4.25. The molecule has 0 saturated heterocycles. The molecule has 1 aromatic carbocycles. The molecule has 1 aromatic heterocycles. The van der Waals surface area contributed by atoms with Crippen molar-refractivity contribution in [3.05, 3.63) is 60.1 Å². The van der Waals surface area contributed by atoms with E-state index in [-0.39, 0.29) is 12.0 Å². The number of hydrogen-bond acceptors (Lipinski definition) is 4. The second-order valence-corrected chi connectivity index (χ2v) is 6.45. The van der Waals surface area contributed by atoms with E-state index in [4.69, 9.17) is 9.15 Å². The minimum atomic E-state index is -0.473. The minimum Gasteiger partial charge on any atom is -0.484 e. The highest BCUT2D eigenvalue weighted by molar-refractivity contribution is 5.92. The van der Waals surface area contributed by atoms with Gasteiger partial charge in [0.15, 0.2) is 6.61 Å². The van der Waals surface area contributed by atoms with Gasteiger partial charge in [0.05, 0.1) is 6.26 Å². The van der Waals surface area contributed by atoms with E-state index >= 15 is 0 Å². The number of nitrogens with one attached hydrogen (secondary N) is 2. The molecule has 2 rings (SSSR count). The van der Waals surface area contributed by atoms with E-state index in [2.05, 4.69) is 31.6 Å². The van der Waals surface area contributed by atoms with Crippen molar-refractivity contribution in [2.24, 2.45) is 0 Å². The molecule has 0 radical (unpaired) electrons. The molecule has 0 aliphatic rings. The van der Waals surface area contributed by atoms with Crippen molar-refractivity contribution in [1.29, 1.82) is 0 Å². The average Bonchev–Trinajstić information content (AvgIpc) is 3.09. The second-order valence-electron chi connectivity index (χ2n) is 6.45. The summed E-state index contributed by atoms with van der Waals surface area (Å²) in [5, 5.41) is 0. The van der Waals surface area contributed by atoms with Gasteiger partial charge in [-0.05, 0) is 41.3 Å². The summed E-state index contributed by atoms with van der Waals surface area (Å²) >= 11 is 0. The number of hydrogen-bond donors (Lipinski definition) is 2.